The lowest BCUT2D eigenvalue weighted by Gasteiger charge is -2.12. The molecule has 1 saturated carbocycles. The van der Waals surface area contributed by atoms with Crippen LogP contribution in [0.1, 0.15) is 38.2 Å². The molecule has 0 aliphatic heterocycles. The molecule has 1 heterocycles. The van der Waals surface area contributed by atoms with E-state index in [1.807, 2.05) is 12.3 Å². The van der Waals surface area contributed by atoms with Gasteiger partial charge in [0, 0.05) is 23.9 Å². The third-order valence-electron chi connectivity index (χ3n) is 2.57. The Hall–Kier alpha value is -1.25. The van der Waals surface area contributed by atoms with E-state index in [0.29, 0.717) is 12.0 Å². The van der Waals surface area contributed by atoms with Crippen molar-refractivity contribution in [2.75, 3.05) is 12.4 Å². The van der Waals surface area contributed by atoms with Crippen LogP contribution in [-0.2, 0) is 0 Å². The predicted octanol–water partition coefficient (Wildman–Crippen LogP) is 2.79. The molecule has 1 aromatic heterocycles. The minimum absolute atomic E-state index is 0.397. The zero-order chi connectivity index (χ0) is 10.8. The van der Waals surface area contributed by atoms with E-state index < -0.39 is 0 Å². The van der Waals surface area contributed by atoms with Crippen LogP contribution in [0, 0.1) is 0 Å². The fourth-order valence-electron chi connectivity index (χ4n) is 1.70. The van der Waals surface area contributed by atoms with Gasteiger partial charge in [-0.2, -0.15) is 0 Å². The maximum Gasteiger partial charge on any atom is 0.129 e. The zero-order valence-corrected chi connectivity index (χ0v) is 9.58. The summed E-state index contributed by atoms with van der Waals surface area (Å²) >= 11 is 0. The van der Waals surface area contributed by atoms with Gasteiger partial charge in [-0.1, -0.05) is 0 Å². The van der Waals surface area contributed by atoms with Gasteiger partial charge in [0.15, 0.2) is 0 Å². The summed E-state index contributed by atoms with van der Waals surface area (Å²) in [6.45, 7) is 4.20. The highest BCUT2D eigenvalue weighted by molar-refractivity contribution is 5.47. The summed E-state index contributed by atoms with van der Waals surface area (Å²) in [5.41, 5.74) is 1.26. The van der Waals surface area contributed by atoms with Crippen molar-refractivity contribution in [1.29, 1.82) is 0 Å². The SMILES string of the molecule is COc1cc(NC(C)C)ncc1C1CC1. The summed E-state index contributed by atoms with van der Waals surface area (Å²) in [6, 6.07) is 2.39. The van der Waals surface area contributed by atoms with Crippen molar-refractivity contribution in [2.24, 2.45) is 0 Å². The highest BCUT2D eigenvalue weighted by atomic mass is 16.5. The van der Waals surface area contributed by atoms with Crippen LogP contribution in [0.5, 0.6) is 5.75 Å². The molecule has 1 aliphatic rings. The summed E-state index contributed by atoms with van der Waals surface area (Å²) in [7, 11) is 1.72. The number of hydrogen-bond donors (Lipinski definition) is 1. The second-order valence-corrected chi connectivity index (χ2v) is 4.38. The highest BCUT2D eigenvalue weighted by Crippen LogP contribution is 2.44. The van der Waals surface area contributed by atoms with Gasteiger partial charge in [0.2, 0.25) is 0 Å². The molecule has 0 bridgehead atoms. The quantitative estimate of drug-likeness (QED) is 0.822. The van der Waals surface area contributed by atoms with E-state index in [-0.39, 0.29) is 0 Å². The fraction of sp³-hybridized carbons (Fsp3) is 0.583. The van der Waals surface area contributed by atoms with E-state index in [1.54, 1.807) is 7.11 Å². The Labute approximate surface area is 90.9 Å². The van der Waals surface area contributed by atoms with Crippen molar-refractivity contribution in [2.45, 2.75) is 38.6 Å². The number of pyridine rings is 1. The number of aromatic nitrogens is 1. The van der Waals surface area contributed by atoms with Crippen molar-refractivity contribution in [3.8, 4) is 5.75 Å². The van der Waals surface area contributed by atoms with Gasteiger partial charge in [-0.15, -0.1) is 0 Å². The first-order valence-corrected chi connectivity index (χ1v) is 5.51. The van der Waals surface area contributed by atoms with Gasteiger partial charge in [-0.05, 0) is 32.6 Å². The number of nitrogens with one attached hydrogen (secondary N) is 1. The van der Waals surface area contributed by atoms with Crippen LogP contribution in [0.4, 0.5) is 5.82 Å². The Morgan fingerprint density at radius 2 is 2.20 bits per heavy atom. The molecule has 2 rings (SSSR count). The van der Waals surface area contributed by atoms with E-state index >= 15 is 0 Å². The third-order valence-corrected chi connectivity index (χ3v) is 2.57. The number of anilines is 1. The molecular formula is C12H18N2O. The molecule has 0 atom stereocenters. The van der Waals surface area contributed by atoms with Crippen LogP contribution >= 0.6 is 0 Å². The van der Waals surface area contributed by atoms with E-state index in [0.717, 1.165) is 11.6 Å². The van der Waals surface area contributed by atoms with Gasteiger partial charge >= 0.3 is 0 Å². The van der Waals surface area contributed by atoms with Crippen LogP contribution in [0.3, 0.4) is 0 Å². The predicted molar refractivity (Wildman–Crippen MR) is 61.5 cm³/mol. The Morgan fingerprint density at radius 3 is 2.73 bits per heavy atom. The van der Waals surface area contributed by atoms with Gasteiger partial charge in [0.1, 0.15) is 11.6 Å². The first kappa shape index (κ1) is 10.3. The molecule has 15 heavy (non-hydrogen) atoms. The van der Waals surface area contributed by atoms with Crippen molar-refractivity contribution in [3.63, 3.8) is 0 Å². The standard InChI is InChI=1S/C12H18N2O/c1-8(2)14-12-6-11(15-3)10(7-13-12)9-4-5-9/h6-9H,4-5H2,1-3H3,(H,13,14). The van der Waals surface area contributed by atoms with Crippen LogP contribution in [0.25, 0.3) is 0 Å². The van der Waals surface area contributed by atoms with Crippen LogP contribution in [-0.4, -0.2) is 18.1 Å². The summed E-state index contributed by atoms with van der Waals surface area (Å²) in [6.07, 6.45) is 4.49. The fourth-order valence-corrected chi connectivity index (χ4v) is 1.70. The second kappa shape index (κ2) is 4.09. The Morgan fingerprint density at radius 1 is 1.47 bits per heavy atom. The lowest BCUT2D eigenvalue weighted by molar-refractivity contribution is 0.409. The number of nitrogens with zero attached hydrogens (tertiary/aromatic N) is 1. The van der Waals surface area contributed by atoms with Crippen molar-refractivity contribution < 1.29 is 4.74 Å². The molecule has 0 saturated heterocycles. The molecule has 1 fully saturated rings. The number of hydrogen-bond acceptors (Lipinski definition) is 3. The van der Waals surface area contributed by atoms with Gasteiger partial charge in [-0.25, -0.2) is 4.98 Å². The van der Waals surface area contributed by atoms with E-state index in [4.69, 9.17) is 4.74 Å². The van der Waals surface area contributed by atoms with Crippen LogP contribution < -0.4 is 10.1 Å². The molecule has 3 nitrogen and oxygen atoms in total. The molecule has 0 unspecified atom stereocenters. The van der Waals surface area contributed by atoms with E-state index in [2.05, 4.69) is 24.1 Å². The van der Waals surface area contributed by atoms with Crippen LogP contribution in [0.2, 0.25) is 0 Å². The molecule has 0 aromatic carbocycles. The summed E-state index contributed by atoms with van der Waals surface area (Å²) in [5.74, 6) is 2.54. The van der Waals surface area contributed by atoms with E-state index in [1.165, 1.54) is 18.4 Å². The lowest BCUT2D eigenvalue weighted by atomic mass is 10.1. The molecule has 3 heteroatoms. The maximum absolute atomic E-state index is 5.39. The second-order valence-electron chi connectivity index (χ2n) is 4.38. The van der Waals surface area contributed by atoms with Crippen molar-refractivity contribution >= 4 is 5.82 Å². The smallest absolute Gasteiger partial charge is 0.129 e. The molecule has 0 radical (unpaired) electrons. The van der Waals surface area contributed by atoms with Gasteiger partial charge in [0.05, 0.1) is 7.11 Å². The van der Waals surface area contributed by atoms with Gasteiger partial charge in [0.25, 0.3) is 0 Å². The molecule has 82 valence electrons. The molecule has 1 N–H and O–H groups in total. The topological polar surface area (TPSA) is 34.1 Å². The normalized spacial score (nSPS) is 15.5. The Balaban J connectivity index is 2.21. The highest BCUT2D eigenvalue weighted by Gasteiger charge is 2.27. The molecular weight excluding hydrogens is 188 g/mol. The summed E-state index contributed by atoms with van der Waals surface area (Å²) in [4.78, 5) is 4.40. The maximum atomic E-state index is 5.39. The van der Waals surface area contributed by atoms with Crippen molar-refractivity contribution in [1.82, 2.24) is 4.98 Å². The number of rotatable bonds is 4. The van der Waals surface area contributed by atoms with Crippen molar-refractivity contribution in [3.05, 3.63) is 17.8 Å². The monoisotopic (exact) mass is 206 g/mol. The first-order valence-electron chi connectivity index (χ1n) is 5.51. The molecule has 1 aliphatic carbocycles. The third kappa shape index (κ3) is 2.41. The van der Waals surface area contributed by atoms with Gasteiger partial charge < -0.3 is 10.1 Å². The first-order chi connectivity index (χ1) is 7.20. The minimum atomic E-state index is 0.397. The Kier molecular flexibility index (Phi) is 2.80. The lowest BCUT2D eigenvalue weighted by Crippen LogP contribution is -2.11. The average molecular weight is 206 g/mol. The molecule has 0 spiro atoms. The Bertz CT molecular complexity index is 345. The number of ether oxygens (including phenoxy) is 1. The van der Waals surface area contributed by atoms with E-state index in [9.17, 15) is 0 Å². The largest absolute Gasteiger partial charge is 0.496 e. The van der Waals surface area contributed by atoms with Crippen LogP contribution in [0.15, 0.2) is 12.3 Å². The average Bonchev–Trinajstić information content (AvgIpc) is 3.00. The zero-order valence-electron chi connectivity index (χ0n) is 9.58. The summed E-state index contributed by atoms with van der Waals surface area (Å²) in [5, 5.41) is 3.27. The number of methoxy groups -OCH3 is 1. The van der Waals surface area contributed by atoms with Gasteiger partial charge in [-0.3, -0.25) is 0 Å². The summed E-state index contributed by atoms with van der Waals surface area (Å²) < 4.78 is 5.39. The minimum Gasteiger partial charge on any atom is -0.496 e. The molecule has 0 amide bonds. The molecule has 1 aromatic rings.